The van der Waals surface area contributed by atoms with Gasteiger partial charge in [0.1, 0.15) is 146 Å². The highest BCUT2D eigenvalue weighted by Gasteiger charge is 2.70. The smallest absolute Gasteiger partial charge is 0.187 e. The number of aliphatic hydroxyl groups excluding tert-OH is 19. The minimum absolute atomic E-state index is 0.0401. The van der Waals surface area contributed by atoms with Crippen molar-refractivity contribution in [2.24, 2.45) is 52.3 Å². The van der Waals surface area contributed by atoms with Gasteiger partial charge in [-0.05, 0) is 105 Å². The van der Waals surface area contributed by atoms with Crippen LogP contribution in [0.25, 0.3) is 0 Å². The fourth-order valence-electron chi connectivity index (χ4n) is 19.7. The van der Waals surface area contributed by atoms with E-state index in [1.54, 1.807) is 0 Å². The molecule has 9 heterocycles. The van der Waals surface area contributed by atoms with Crippen LogP contribution in [-0.4, -0.2) is 364 Å². The van der Waals surface area contributed by atoms with E-state index in [1.807, 2.05) is 0 Å². The van der Waals surface area contributed by atoms with Crippen molar-refractivity contribution in [1.29, 1.82) is 0 Å². The molecule has 13 aliphatic rings. The summed E-state index contributed by atoms with van der Waals surface area (Å²) in [6, 6.07) is 0. The molecule has 4 aliphatic carbocycles. The Morgan fingerprint density at radius 2 is 0.970 bits per heavy atom. The first-order chi connectivity index (χ1) is 47.9. The number of rotatable bonds is 18. The molecule has 13 fully saturated rings. The van der Waals surface area contributed by atoms with Crippen molar-refractivity contribution in [3.8, 4) is 0 Å². The molecule has 4 saturated carbocycles. The summed E-state index contributed by atoms with van der Waals surface area (Å²) in [5, 5.41) is 212. The van der Waals surface area contributed by atoms with E-state index in [4.69, 9.17) is 75.8 Å². The maximum Gasteiger partial charge on any atom is 0.187 e. The van der Waals surface area contributed by atoms with E-state index in [2.05, 4.69) is 27.7 Å². The Bertz CT molecular complexity index is 2710. The molecule has 101 heavy (non-hydrogen) atoms. The second kappa shape index (κ2) is 30.8. The summed E-state index contributed by atoms with van der Waals surface area (Å²) < 4.78 is 98.0. The highest BCUT2D eigenvalue weighted by molar-refractivity contribution is 5.16. The summed E-state index contributed by atoms with van der Waals surface area (Å²) >= 11 is 0. The summed E-state index contributed by atoms with van der Waals surface area (Å²) in [4.78, 5) is 0. The van der Waals surface area contributed by atoms with E-state index in [1.165, 1.54) is 6.92 Å². The van der Waals surface area contributed by atoms with Gasteiger partial charge in [0.15, 0.2) is 49.8 Å². The van der Waals surface area contributed by atoms with Crippen molar-refractivity contribution in [3.05, 3.63) is 0 Å². The van der Waals surface area contributed by atoms with E-state index in [-0.39, 0.29) is 34.7 Å². The van der Waals surface area contributed by atoms with Crippen molar-refractivity contribution in [1.82, 2.24) is 0 Å². The SMILES string of the molecule is C[C@H]1CCC2(OC1)OC1CC3C4CC[C@H]5C[C@@H](O[C@@H]6O[C@H](CO)[C@H](O[C@@H]7O[C@H](CO)[C@@H](O)[C@H](O[C@@H]8OC[C@@H](O)[C@H](O[C@H]9O[C@H](CO[C@@H]%10O[C@@H](CO)[C@H](O)[C@H]%10O)[C@@H](O)[C@H](O)[C@H]9O)[C@H]8O)[C@H]7O[C@H]7OC[C@H](O)[C@H](O)[C@H]7O)[C@H](O)[C@H]6O[C@H]6O[C@@H](C)[C@H](O)[C@@H](O)[C@H]6O)[C@H](O)C[C@]5(C)C4CC[C@]3(C)C1[C@@H]2C. The standard InChI is InChI=1S/C66H108O35/c1-22-8-11-66(89-18-22)23(2)38-33(101-66)13-28-26-7-6-25-12-32(29(70)14-65(25,5)27(26)9-10-64(28,38)4)91-62-55(99-60-48(82)44(78)39(73)24(3)90-60)50(84)53(36(17-69)94-62)97-63-56(100-58-46(80)40(74)30(71)19-86-58)54(43(77)35(16-68)93-63)98-59-51(85)52(31(72)20-87-59)96-61-49(83)45(79)42(76)37(95-61)21-88-57-47(81)41(75)34(15-67)92-57/h22-63,67-85H,6-21H2,1-5H3/t22-,23-,24-,25-,26?,27?,28?,29+,30-,31+,32+,33?,34-,35+,36+,37+,38?,39-,40-,41-,42+,43+,44+,45-,46+,47+,48+,49+,50-,51+,52-,53-,54-,55+,56+,57+,58+,59-,60+,61+,62+,63-,64-,65-,66?/m0/s1. The molecule has 35 heteroatoms. The van der Waals surface area contributed by atoms with Crippen LogP contribution >= 0.6 is 0 Å². The van der Waals surface area contributed by atoms with Crippen LogP contribution in [0.3, 0.4) is 0 Å². The lowest BCUT2D eigenvalue weighted by Crippen LogP contribution is -2.69. The normalized spacial score (nSPS) is 57.6. The van der Waals surface area contributed by atoms with Gasteiger partial charge < -0.3 is 173 Å². The average Bonchev–Trinajstić information content (AvgIpc) is 1.55. The Labute approximate surface area is 582 Å². The van der Waals surface area contributed by atoms with Gasteiger partial charge in [-0.15, -0.1) is 0 Å². The minimum Gasteiger partial charge on any atom is -0.394 e. The maximum absolute atomic E-state index is 12.9. The molecule has 0 radical (unpaired) electrons. The third kappa shape index (κ3) is 14.2. The van der Waals surface area contributed by atoms with Crippen molar-refractivity contribution in [2.45, 2.75) is 313 Å². The van der Waals surface area contributed by atoms with E-state index >= 15 is 0 Å². The third-order valence-electron chi connectivity index (χ3n) is 25.6. The first-order valence-corrected chi connectivity index (χ1v) is 36.0. The number of fused-ring (bicyclic) bond motifs is 7. The third-order valence-corrected chi connectivity index (χ3v) is 25.6. The molecule has 582 valence electrons. The van der Waals surface area contributed by atoms with Crippen LogP contribution in [0.15, 0.2) is 0 Å². The van der Waals surface area contributed by atoms with Gasteiger partial charge in [-0.1, -0.05) is 27.7 Å². The first kappa shape index (κ1) is 77.7. The molecule has 9 aliphatic heterocycles. The van der Waals surface area contributed by atoms with Crippen molar-refractivity contribution in [2.75, 3.05) is 46.2 Å². The summed E-state index contributed by atoms with van der Waals surface area (Å²) in [5.74, 6) is 1.64. The second-order valence-corrected chi connectivity index (χ2v) is 31.5. The van der Waals surface area contributed by atoms with Crippen LogP contribution in [0.4, 0.5) is 0 Å². The van der Waals surface area contributed by atoms with Crippen LogP contribution in [0.1, 0.15) is 92.4 Å². The molecule has 9 saturated heterocycles. The van der Waals surface area contributed by atoms with Crippen LogP contribution in [0, 0.1) is 52.3 Å². The number of hydrogen-bond donors (Lipinski definition) is 19. The lowest BCUT2D eigenvalue weighted by Gasteiger charge is -2.62. The van der Waals surface area contributed by atoms with Crippen LogP contribution in [-0.2, 0) is 75.8 Å². The van der Waals surface area contributed by atoms with Crippen LogP contribution in [0.5, 0.6) is 0 Å². The lowest BCUT2D eigenvalue weighted by atomic mass is 9.44. The Morgan fingerprint density at radius 1 is 0.406 bits per heavy atom. The Kier molecular flexibility index (Phi) is 23.7. The van der Waals surface area contributed by atoms with Crippen LogP contribution < -0.4 is 0 Å². The van der Waals surface area contributed by atoms with Gasteiger partial charge in [0, 0.05) is 12.3 Å². The van der Waals surface area contributed by atoms with Crippen molar-refractivity contribution in [3.63, 3.8) is 0 Å². The zero-order valence-electron chi connectivity index (χ0n) is 57.1. The molecule has 1 spiro atoms. The molecule has 19 N–H and O–H groups in total. The lowest BCUT2D eigenvalue weighted by molar-refractivity contribution is -0.411. The maximum atomic E-state index is 12.9. The Hall–Kier alpha value is -1.40. The monoisotopic (exact) mass is 1460 g/mol. The molecular weight excluding hydrogens is 1350 g/mol. The second-order valence-electron chi connectivity index (χ2n) is 31.5. The first-order valence-electron chi connectivity index (χ1n) is 36.0. The zero-order chi connectivity index (χ0) is 72.4. The molecule has 0 aromatic heterocycles. The number of hydrogen-bond acceptors (Lipinski definition) is 35. The molecule has 0 amide bonds. The van der Waals surface area contributed by atoms with E-state index < -0.39 is 254 Å². The predicted octanol–water partition coefficient (Wildman–Crippen LogP) is -7.52. The van der Waals surface area contributed by atoms with Crippen molar-refractivity contribution < 1.29 is 173 Å². The molecule has 45 atom stereocenters. The fraction of sp³-hybridized carbons (Fsp3) is 1.00. The number of ether oxygens (including phenoxy) is 16. The van der Waals surface area contributed by atoms with E-state index in [0.29, 0.717) is 43.1 Å². The largest absolute Gasteiger partial charge is 0.394 e. The van der Waals surface area contributed by atoms with Crippen molar-refractivity contribution >= 4 is 0 Å². The van der Waals surface area contributed by atoms with Gasteiger partial charge >= 0.3 is 0 Å². The Balaban J connectivity index is 0.737. The molecular formula is C66H108O35. The highest BCUT2D eigenvalue weighted by Crippen LogP contribution is 2.71. The molecule has 35 nitrogen and oxygen atoms in total. The zero-order valence-corrected chi connectivity index (χ0v) is 57.1. The molecule has 6 unspecified atom stereocenters. The molecule has 0 aromatic carbocycles. The number of aliphatic hydroxyl groups is 19. The molecule has 0 aromatic rings. The van der Waals surface area contributed by atoms with Gasteiger partial charge in [0.25, 0.3) is 0 Å². The summed E-state index contributed by atoms with van der Waals surface area (Å²) in [6.07, 6.45) is -53.7. The van der Waals surface area contributed by atoms with Gasteiger partial charge in [0.05, 0.1) is 70.7 Å². The Morgan fingerprint density at radius 3 is 1.65 bits per heavy atom. The van der Waals surface area contributed by atoms with E-state index in [9.17, 15) is 97.0 Å². The van der Waals surface area contributed by atoms with Gasteiger partial charge in [-0.25, -0.2) is 0 Å². The summed E-state index contributed by atoms with van der Waals surface area (Å²) in [5.41, 5.74) is -0.279. The predicted molar refractivity (Wildman–Crippen MR) is 328 cm³/mol. The fourth-order valence-corrected chi connectivity index (χ4v) is 19.7. The summed E-state index contributed by atoms with van der Waals surface area (Å²) in [7, 11) is 0. The highest BCUT2D eigenvalue weighted by atomic mass is 16.8. The van der Waals surface area contributed by atoms with E-state index in [0.717, 1.165) is 44.9 Å². The van der Waals surface area contributed by atoms with Gasteiger partial charge in [-0.2, -0.15) is 0 Å². The molecule has 13 rings (SSSR count). The quantitative estimate of drug-likeness (QED) is 0.0567. The van der Waals surface area contributed by atoms with Crippen LogP contribution in [0.2, 0.25) is 0 Å². The summed E-state index contributed by atoms with van der Waals surface area (Å²) in [6.45, 7) is 6.52. The topological polar surface area (TPSA) is 532 Å². The van der Waals surface area contributed by atoms with Gasteiger partial charge in [0.2, 0.25) is 0 Å². The minimum atomic E-state index is -2.19. The van der Waals surface area contributed by atoms with Gasteiger partial charge in [-0.3, -0.25) is 0 Å². The molecule has 0 bridgehead atoms. The average molecular weight is 1460 g/mol.